The van der Waals surface area contributed by atoms with Gasteiger partial charge in [-0.25, -0.2) is 10.2 Å². The monoisotopic (exact) mass is 430 g/mol. The number of methoxy groups -OCH3 is 1. The molecule has 2 aromatic carbocycles. The summed E-state index contributed by atoms with van der Waals surface area (Å²) in [4.78, 5) is 19.5. The molecule has 0 radical (unpaired) electrons. The molecular weight excluding hydrogens is 400 g/mol. The summed E-state index contributed by atoms with van der Waals surface area (Å²) in [5.41, 5.74) is 9.19. The third-order valence-corrected chi connectivity index (χ3v) is 6.12. The molecule has 2 heterocycles. The summed E-state index contributed by atoms with van der Waals surface area (Å²) in [6.45, 7) is 6.04. The number of carbonyl (C=O) groups is 1. The summed E-state index contributed by atoms with van der Waals surface area (Å²) in [7, 11) is 1.67. The summed E-state index contributed by atoms with van der Waals surface area (Å²) >= 11 is 0. The highest BCUT2D eigenvalue weighted by molar-refractivity contribution is 5.77. The van der Waals surface area contributed by atoms with Crippen molar-refractivity contribution in [3.05, 3.63) is 94.8 Å². The van der Waals surface area contributed by atoms with Crippen LogP contribution in [0.5, 0.6) is 5.75 Å². The Morgan fingerprint density at radius 1 is 1.06 bits per heavy atom. The van der Waals surface area contributed by atoms with E-state index in [-0.39, 0.29) is 12.1 Å². The molecule has 1 fully saturated rings. The quantitative estimate of drug-likeness (QED) is 0.574. The minimum Gasteiger partial charge on any atom is -0.497 e. The number of hydrazine groups is 1. The van der Waals surface area contributed by atoms with Crippen LogP contribution < -0.4 is 10.2 Å². The van der Waals surface area contributed by atoms with Crippen molar-refractivity contribution >= 4 is 6.03 Å². The van der Waals surface area contributed by atoms with E-state index >= 15 is 0 Å². The van der Waals surface area contributed by atoms with E-state index in [4.69, 9.17) is 4.74 Å². The summed E-state index contributed by atoms with van der Waals surface area (Å²) < 4.78 is 5.25. The molecule has 0 aliphatic carbocycles. The van der Waals surface area contributed by atoms with Crippen LogP contribution in [0.4, 0.5) is 4.79 Å². The molecule has 0 spiro atoms. The minimum atomic E-state index is 0.00134. The molecule has 0 saturated carbocycles. The van der Waals surface area contributed by atoms with Gasteiger partial charge in [-0.05, 0) is 66.3 Å². The molecule has 1 atom stereocenters. The number of amides is 2. The number of aryl methyl sites for hydroxylation is 2. The summed E-state index contributed by atoms with van der Waals surface area (Å²) in [6, 6.07) is 18.4. The Balaban J connectivity index is 1.51. The third-order valence-electron chi connectivity index (χ3n) is 6.12. The second-order valence-corrected chi connectivity index (χ2v) is 8.24. The summed E-state index contributed by atoms with van der Waals surface area (Å²) in [5, 5.41) is 1.74. The number of rotatable bonds is 8. The van der Waals surface area contributed by atoms with Gasteiger partial charge in [-0.3, -0.25) is 9.99 Å². The van der Waals surface area contributed by atoms with Crippen LogP contribution in [0, 0.1) is 13.8 Å². The first-order valence-electron chi connectivity index (χ1n) is 11.0. The van der Waals surface area contributed by atoms with Gasteiger partial charge in [-0.15, -0.1) is 0 Å². The van der Waals surface area contributed by atoms with E-state index in [0.29, 0.717) is 19.6 Å². The predicted octanol–water partition coefficient (Wildman–Crippen LogP) is 4.43. The van der Waals surface area contributed by atoms with Crippen molar-refractivity contribution in [3.8, 4) is 5.75 Å². The second kappa shape index (κ2) is 9.83. The van der Waals surface area contributed by atoms with Crippen molar-refractivity contribution < 1.29 is 9.53 Å². The zero-order valence-corrected chi connectivity index (χ0v) is 18.9. The topological polar surface area (TPSA) is 57.7 Å². The average molecular weight is 431 g/mol. The summed E-state index contributed by atoms with van der Waals surface area (Å²) in [6.07, 6.45) is 4.35. The fraction of sp³-hybridized carbons (Fsp3) is 0.308. The molecule has 1 N–H and O–H groups in total. The Bertz CT molecular complexity index is 1050. The van der Waals surface area contributed by atoms with E-state index in [1.807, 2.05) is 35.4 Å². The fourth-order valence-electron chi connectivity index (χ4n) is 4.01. The molecule has 3 aromatic rings. The minimum absolute atomic E-state index is 0.00134. The van der Waals surface area contributed by atoms with Crippen LogP contribution in [-0.4, -0.2) is 41.1 Å². The fourth-order valence-corrected chi connectivity index (χ4v) is 4.01. The molecule has 6 heteroatoms. The smallest absolute Gasteiger partial charge is 0.335 e. The van der Waals surface area contributed by atoms with Crippen molar-refractivity contribution in [1.82, 2.24) is 20.3 Å². The lowest BCUT2D eigenvalue weighted by atomic mass is 10.0. The third kappa shape index (κ3) is 4.92. The molecule has 0 bridgehead atoms. The van der Waals surface area contributed by atoms with Crippen molar-refractivity contribution in [2.45, 2.75) is 32.9 Å². The van der Waals surface area contributed by atoms with Gasteiger partial charge < -0.3 is 9.64 Å². The zero-order chi connectivity index (χ0) is 22.5. The van der Waals surface area contributed by atoms with Gasteiger partial charge in [0.15, 0.2) is 0 Å². The molecule has 1 aliphatic heterocycles. The van der Waals surface area contributed by atoms with Crippen LogP contribution in [0.1, 0.15) is 33.9 Å². The van der Waals surface area contributed by atoms with Crippen molar-refractivity contribution in [2.24, 2.45) is 0 Å². The first-order valence-corrected chi connectivity index (χ1v) is 11.0. The Hall–Kier alpha value is -3.38. The van der Waals surface area contributed by atoms with E-state index in [9.17, 15) is 4.79 Å². The summed E-state index contributed by atoms with van der Waals surface area (Å²) in [5.74, 6) is 0.838. The number of nitrogens with one attached hydrogen (secondary N) is 1. The number of carbonyl (C=O) groups excluding carboxylic acids is 1. The van der Waals surface area contributed by atoms with E-state index < -0.39 is 0 Å². The van der Waals surface area contributed by atoms with Gasteiger partial charge in [0.25, 0.3) is 0 Å². The number of hydrogen-bond acceptors (Lipinski definition) is 4. The first-order chi connectivity index (χ1) is 15.5. The number of aromatic nitrogens is 1. The molecular formula is C26H30N4O2. The molecule has 32 heavy (non-hydrogen) atoms. The number of urea groups is 1. The van der Waals surface area contributed by atoms with Crippen LogP contribution in [0.3, 0.4) is 0 Å². The highest BCUT2D eigenvalue weighted by Crippen LogP contribution is 2.30. The molecule has 1 unspecified atom stereocenters. The Kier molecular flexibility index (Phi) is 6.71. The number of pyridine rings is 1. The van der Waals surface area contributed by atoms with Gasteiger partial charge in [0.05, 0.1) is 19.7 Å². The number of benzene rings is 2. The Morgan fingerprint density at radius 3 is 2.56 bits per heavy atom. The van der Waals surface area contributed by atoms with E-state index in [1.165, 1.54) is 22.3 Å². The Morgan fingerprint density at radius 2 is 1.88 bits per heavy atom. The molecule has 2 amide bonds. The van der Waals surface area contributed by atoms with Crippen LogP contribution in [0.25, 0.3) is 0 Å². The van der Waals surface area contributed by atoms with Crippen molar-refractivity contribution in [1.29, 1.82) is 0 Å². The molecule has 1 aromatic heterocycles. The van der Waals surface area contributed by atoms with Crippen molar-refractivity contribution in [3.63, 3.8) is 0 Å². The number of hydrogen-bond donors (Lipinski definition) is 1. The van der Waals surface area contributed by atoms with Crippen LogP contribution in [0.15, 0.2) is 67.0 Å². The first kappa shape index (κ1) is 21.8. The van der Waals surface area contributed by atoms with Crippen LogP contribution >= 0.6 is 0 Å². The molecule has 6 nitrogen and oxygen atoms in total. The molecule has 1 saturated heterocycles. The van der Waals surface area contributed by atoms with Gasteiger partial charge in [0.1, 0.15) is 5.75 Å². The second-order valence-electron chi connectivity index (χ2n) is 8.24. The van der Waals surface area contributed by atoms with Crippen LogP contribution in [-0.2, 0) is 13.0 Å². The van der Waals surface area contributed by atoms with Crippen molar-refractivity contribution in [2.75, 3.05) is 20.2 Å². The number of nitrogens with zero attached hydrogens (tertiary/aromatic N) is 3. The maximum absolute atomic E-state index is 13.3. The number of ether oxygens (including phenoxy) is 1. The zero-order valence-electron chi connectivity index (χ0n) is 18.9. The molecule has 1 aliphatic rings. The average Bonchev–Trinajstić information content (AvgIpc) is 3.14. The molecule has 4 rings (SSSR count). The van der Waals surface area contributed by atoms with Gasteiger partial charge in [-0.2, -0.15) is 0 Å². The SMILES string of the molecule is COc1ccc(CCN2C(=O)N(NCc3cccnc3)CC2c2ccc(C)c(C)c2)cc1. The molecule has 166 valence electrons. The van der Waals surface area contributed by atoms with E-state index in [2.05, 4.69) is 54.6 Å². The van der Waals surface area contributed by atoms with Gasteiger partial charge in [0, 0.05) is 25.5 Å². The lowest BCUT2D eigenvalue weighted by Gasteiger charge is -2.24. The van der Waals surface area contributed by atoms with Gasteiger partial charge >= 0.3 is 6.03 Å². The van der Waals surface area contributed by atoms with E-state index in [0.717, 1.165) is 17.7 Å². The standard InChI is InChI=1S/C26H30N4O2/c1-19-6-9-23(15-20(19)2)25-18-30(28-17-22-5-4-13-27-16-22)26(31)29(25)14-12-21-7-10-24(32-3)11-8-21/h4-11,13,15-16,25,28H,12,14,17-18H2,1-3H3. The maximum Gasteiger partial charge on any atom is 0.335 e. The van der Waals surface area contributed by atoms with Gasteiger partial charge in [0.2, 0.25) is 0 Å². The van der Waals surface area contributed by atoms with E-state index in [1.54, 1.807) is 18.3 Å². The largest absolute Gasteiger partial charge is 0.497 e. The van der Waals surface area contributed by atoms with Gasteiger partial charge in [-0.1, -0.05) is 36.4 Å². The predicted molar refractivity (Wildman–Crippen MR) is 125 cm³/mol. The normalized spacial score (nSPS) is 16.0. The maximum atomic E-state index is 13.3. The lowest BCUT2D eigenvalue weighted by molar-refractivity contribution is 0.171. The lowest BCUT2D eigenvalue weighted by Crippen LogP contribution is -2.41. The van der Waals surface area contributed by atoms with Crippen LogP contribution in [0.2, 0.25) is 0 Å². The Labute approximate surface area is 189 Å². The highest BCUT2D eigenvalue weighted by Gasteiger charge is 2.38. The highest BCUT2D eigenvalue weighted by atomic mass is 16.5.